The van der Waals surface area contributed by atoms with Crippen LogP contribution >= 0.6 is 0 Å². The van der Waals surface area contributed by atoms with E-state index in [0.29, 0.717) is 24.2 Å². The molecule has 1 amide bonds. The SMILES string of the molecule is CC(=O)c1cccc(C(=O)N2CCN(Cc3ccccc3CO)CC2)c1. The summed E-state index contributed by atoms with van der Waals surface area (Å²) >= 11 is 0. The van der Waals surface area contributed by atoms with E-state index in [1.807, 2.05) is 29.2 Å². The van der Waals surface area contributed by atoms with Gasteiger partial charge in [-0.15, -0.1) is 0 Å². The number of rotatable bonds is 5. The Kier molecular flexibility index (Phi) is 5.81. The molecule has 0 radical (unpaired) electrons. The molecule has 2 aromatic rings. The van der Waals surface area contributed by atoms with Crippen molar-refractivity contribution in [1.29, 1.82) is 0 Å². The Balaban J connectivity index is 1.60. The van der Waals surface area contributed by atoms with Crippen molar-refractivity contribution in [3.05, 3.63) is 70.8 Å². The summed E-state index contributed by atoms with van der Waals surface area (Å²) in [5, 5.41) is 9.45. The zero-order valence-corrected chi connectivity index (χ0v) is 15.0. The number of piperazine rings is 1. The van der Waals surface area contributed by atoms with Gasteiger partial charge in [0.25, 0.3) is 5.91 Å². The van der Waals surface area contributed by atoms with Gasteiger partial charge in [0.1, 0.15) is 0 Å². The lowest BCUT2D eigenvalue weighted by molar-refractivity contribution is 0.0628. The maximum absolute atomic E-state index is 12.7. The average Bonchev–Trinajstić information content (AvgIpc) is 2.68. The number of hydrogen-bond donors (Lipinski definition) is 1. The fourth-order valence-corrected chi connectivity index (χ4v) is 3.27. The van der Waals surface area contributed by atoms with Crippen molar-refractivity contribution < 1.29 is 14.7 Å². The number of carbonyl (C=O) groups is 2. The Morgan fingerprint density at radius 1 is 0.923 bits per heavy atom. The minimum absolute atomic E-state index is 0.0245. The molecule has 2 aromatic carbocycles. The molecule has 1 aliphatic rings. The second kappa shape index (κ2) is 8.25. The van der Waals surface area contributed by atoms with Crippen molar-refractivity contribution >= 4 is 11.7 Å². The first-order valence-electron chi connectivity index (χ1n) is 8.89. The summed E-state index contributed by atoms with van der Waals surface area (Å²) in [4.78, 5) is 28.4. The maximum Gasteiger partial charge on any atom is 0.253 e. The summed E-state index contributed by atoms with van der Waals surface area (Å²) in [6.45, 7) is 5.22. The van der Waals surface area contributed by atoms with Crippen LogP contribution in [-0.2, 0) is 13.2 Å². The van der Waals surface area contributed by atoms with E-state index in [2.05, 4.69) is 4.90 Å². The molecule has 136 valence electrons. The smallest absolute Gasteiger partial charge is 0.253 e. The van der Waals surface area contributed by atoms with Crippen molar-refractivity contribution in [2.45, 2.75) is 20.1 Å². The molecule has 1 aliphatic heterocycles. The van der Waals surface area contributed by atoms with E-state index in [0.717, 1.165) is 30.8 Å². The molecule has 26 heavy (non-hydrogen) atoms. The zero-order chi connectivity index (χ0) is 18.5. The first kappa shape index (κ1) is 18.3. The molecule has 1 fully saturated rings. The molecule has 0 bridgehead atoms. The van der Waals surface area contributed by atoms with E-state index in [1.54, 1.807) is 24.3 Å². The molecule has 3 rings (SSSR count). The van der Waals surface area contributed by atoms with E-state index in [9.17, 15) is 14.7 Å². The van der Waals surface area contributed by atoms with Crippen LogP contribution in [0.4, 0.5) is 0 Å². The number of benzene rings is 2. The number of Topliss-reactive ketones (excluding diaryl/α,β-unsaturated/α-hetero) is 1. The van der Waals surface area contributed by atoms with Gasteiger partial charge < -0.3 is 10.0 Å². The second-order valence-electron chi connectivity index (χ2n) is 6.63. The fourth-order valence-electron chi connectivity index (χ4n) is 3.27. The number of hydrogen-bond acceptors (Lipinski definition) is 4. The molecular weight excluding hydrogens is 328 g/mol. The number of nitrogens with zero attached hydrogens (tertiary/aromatic N) is 2. The Morgan fingerprint density at radius 3 is 2.23 bits per heavy atom. The maximum atomic E-state index is 12.7. The summed E-state index contributed by atoms with van der Waals surface area (Å²) in [7, 11) is 0. The van der Waals surface area contributed by atoms with Crippen LogP contribution in [0.2, 0.25) is 0 Å². The molecule has 5 nitrogen and oxygen atoms in total. The summed E-state index contributed by atoms with van der Waals surface area (Å²) in [6.07, 6.45) is 0. The highest BCUT2D eigenvalue weighted by atomic mass is 16.3. The number of aliphatic hydroxyl groups excluding tert-OH is 1. The summed E-state index contributed by atoms with van der Waals surface area (Å²) in [5.74, 6) is -0.0597. The van der Waals surface area contributed by atoms with E-state index < -0.39 is 0 Å². The monoisotopic (exact) mass is 352 g/mol. The third-order valence-electron chi connectivity index (χ3n) is 4.86. The Morgan fingerprint density at radius 2 is 1.58 bits per heavy atom. The van der Waals surface area contributed by atoms with Gasteiger partial charge in [-0.25, -0.2) is 0 Å². The van der Waals surface area contributed by atoms with Crippen molar-refractivity contribution in [3.8, 4) is 0 Å². The molecule has 0 spiro atoms. The Bertz CT molecular complexity index is 795. The highest BCUT2D eigenvalue weighted by molar-refractivity contribution is 5.99. The van der Waals surface area contributed by atoms with Crippen LogP contribution in [0.25, 0.3) is 0 Å². The summed E-state index contributed by atoms with van der Waals surface area (Å²) in [5.41, 5.74) is 3.21. The van der Waals surface area contributed by atoms with Crippen LogP contribution < -0.4 is 0 Å². The van der Waals surface area contributed by atoms with Crippen LogP contribution in [0.1, 0.15) is 38.8 Å². The van der Waals surface area contributed by atoms with Crippen molar-refractivity contribution in [1.82, 2.24) is 9.80 Å². The third kappa shape index (κ3) is 4.18. The molecule has 1 saturated heterocycles. The van der Waals surface area contributed by atoms with Gasteiger partial charge in [-0.1, -0.05) is 36.4 Å². The topological polar surface area (TPSA) is 60.9 Å². The van der Waals surface area contributed by atoms with Crippen LogP contribution in [0.5, 0.6) is 0 Å². The quantitative estimate of drug-likeness (QED) is 0.839. The van der Waals surface area contributed by atoms with E-state index in [4.69, 9.17) is 0 Å². The average molecular weight is 352 g/mol. The summed E-state index contributed by atoms with van der Waals surface area (Å²) < 4.78 is 0. The first-order valence-corrected chi connectivity index (χ1v) is 8.89. The van der Waals surface area contributed by atoms with Crippen LogP contribution in [0.3, 0.4) is 0 Å². The molecule has 5 heteroatoms. The zero-order valence-electron chi connectivity index (χ0n) is 15.0. The molecule has 0 unspecified atom stereocenters. The van der Waals surface area contributed by atoms with Gasteiger partial charge in [-0.2, -0.15) is 0 Å². The molecule has 1 heterocycles. The minimum Gasteiger partial charge on any atom is -0.392 e. The van der Waals surface area contributed by atoms with Crippen LogP contribution in [0, 0.1) is 0 Å². The number of aliphatic hydroxyl groups is 1. The van der Waals surface area contributed by atoms with Gasteiger partial charge in [0.2, 0.25) is 0 Å². The standard InChI is InChI=1S/C21H24N2O3/c1-16(25)17-7-4-8-18(13-17)21(26)23-11-9-22(10-12-23)14-19-5-2-3-6-20(19)15-24/h2-8,13,24H,9-12,14-15H2,1H3. The predicted octanol–water partition coefficient (Wildman–Crippen LogP) is 2.34. The van der Waals surface area contributed by atoms with Crippen molar-refractivity contribution in [3.63, 3.8) is 0 Å². The van der Waals surface area contributed by atoms with Gasteiger partial charge in [0, 0.05) is 43.9 Å². The van der Waals surface area contributed by atoms with Gasteiger partial charge in [-0.05, 0) is 30.2 Å². The lowest BCUT2D eigenvalue weighted by atomic mass is 10.1. The fraction of sp³-hybridized carbons (Fsp3) is 0.333. The lowest BCUT2D eigenvalue weighted by Gasteiger charge is -2.35. The highest BCUT2D eigenvalue weighted by Crippen LogP contribution is 2.15. The number of amides is 1. The second-order valence-corrected chi connectivity index (χ2v) is 6.63. The molecule has 1 N–H and O–H groups in total. The van der Waals surface area contributed by atoms with Crippen LogP contribution in [-0.4, -0.2) is 52.8 Å². The van der Waals surface area contributed by atoms with Crippen molar-refractivity contribution in [2.24, 2.45) is 0 Å². The number of carbonyl (C=O) groups excluding carboxylic acids is 2. The van der Waals surface area contributed by atoms with Gasteiger partial charge in [0.05, 0.1) is 6.61 Å². The molecule has 0 saturated carbocycles. The minimum atomic E-state index is -0.0352. The number of ketones is 1. The van der Waals surface area contributed by atoms with Gasteiger partial charge in [-0.3, -0.25) is 14.5 Å². The van der Waals surface area contributed by atoms with E-state index in [1.165, 1.54) is 6.92 Å². The molecule has 0 atom stereocenters. The lowest BCUT2D eigenvalue weighted by Crippen LogP contribution is -2.48. The highest BCUT2D eigenvalue weighted by Gasteiger charge is 2.23. The van der Waals surface area contributed by atoms with Crippen LogP contribution in [0.15, 0.2) is 48.5 Å². The summed E-state index contributed by atoms with van der Waals surface area (Å²) in [6, 6.07) is 14.8. The first-order chi connectivity index (χ1) is 12.6. The Hall–Kier alpha value is -2.50. The van der Waals surface area contributed by atoms with Gasteiger partial charge >= 0.3 is 0 Å². The van der Waals surface area contributed by atoms with Crippen molar-refractivity contribution in [2.75, 3.05) is 26.2 Å². The van der Waals surface area contributed by atoms with E-state index in [-0.39, 0.29) is 18.3 Å². The molecule has 0 aromatic heterocycles. The predicted molar refractivity (Wildman–Crippen MR) is 100.0 cm³/mol. The third-order valence-corrected chi connectivity index (χ3v) is 4.86. The largest absolute Gasteiger partial charge is 0.392 e. The Labute approximate surface area is 153 Å². The normalized spacial score (nSPS) is 15.1. The molecular formula is C21H24N2O3. The van der Waals surface area contributed by atoms with Gasteiger partial charge in [0.15, 0.2) is 5.78 Å². The molecule has 0 aliphatic carbocycles. The van der Waals surface area contributed by atoms with E-state index >= 15 is 0 Å².